The molecule has 9 heteroatoms. The first-order valence-electron chi connectivity index (χ1n) is 13.9. The Morgan fingerprint density at radius 3 is 2.38 bits per heavy atom. The summed E-state index contributed by atoms with van der Waals surface area (Å²) in [6.07, 6.45) is 5.86. The molecule has 2 fully saturated rings. The predicted molar refractivity (Wildman–Crippen MR) is 150 cm³/mol. The fraction of sp³-hybridized carbons (Fsp3) is 0.516. The van der Waals surface area contributed by atoms with Gasteiger partial charge in [0.2, 0.25) is 5.75 Å². The van der Waals surface area contributed by atoms with Gasteiger partial charge in [-0.3, -0.25) is 9.69 Å². The van der Waals surface area contributed by atoms with Crippen LogP contribution in [0.5, 0.6) is 17.2 Å². The number of ether oxygens (including phenoxy) is 4. The number of benzene rings is 2. The van der Waals surface area contributed by atoms with Crippen LogP contribution in [0.1, 0.15) is 48.5 Å². The highest BCUT2D eigenvalue weighted by atomic mass is 19.1. The van der Waals surface area contributed by atoms with E-state index in [4.69, 9.17) is 18.9 Å². The fourth-order valence-electron chi connectivity index (χ4n) is 5.69. The van der Waals surface area contributed by atoms with Crippen molar-refractivity contribution in [1.29, 1.82) is 0 Å². The van der Waals surface area contributed by atoms with Crippen LogP contribution in [0, 0.1) is 17.6 Å². The Morgan fingerprint density at radius 1 is 1.05 bits per heavy atom. The van der Waals surface area contributed by atoms with Crippen molar-refractivity contribution < 1.29 is 32.5 Å². The number of nitrogens with zero attached hydrogens (tertiary/aromatic N) is 2. The van der Waals surface area contributed by atoms with E-state index >= 15 is 0 Å². The summed E-state index contributed by atoms with van der Waals surface area (Å²) in [6.45, 7) is 6.27. The molecule has 0 spiro atoms. The Balaban J connectivity index is 1.61. The summed E-state index contributed by atoms with van der Waals surface area (Å²) < 4.78 is 49.8. The van der Waals surface area contributed by atoms with Gasteiger partial charge >= 0.3 is 0 Å². The van der Waals surface area contributed by atoms with Crippen LogP contribution in [0.4, 0.5) is 8.78 Å². The van der Waals surface area contributed by atoms with Gasteiger partial charge in [0, 0.05) is 56.1 Å². The number of methoxy groups -OCH3 is 3. The summed E-state index contributed by atoms with van der Waals surface area (Å²) >= 11 is 0. The maximum absolute atomic E-state index is 14.4. The predicted octanol–water partition coefficient (Wildman–Crippen LogP) is 5.43. The molecular weight excluding hydrogens is 518 g/mol. The van der Waals surface area contributed by atoms with Crippen molar-refractivity contribution in [3.8, 4) is 17.2 Å². The molecule has 0 aliphatic carbocycles. The van der Waals surface area contributed by atoms with E-state index in [0.29, 0.717) is 35.3 Å². The first kappa shape index (κ1) is 29.8. The molecule has 2 aromatic carbocycles. The number of hydrogen-bond acceptors (Lipinski definition) is 6. The summed E-state index contributed by atoms with van der Waals surface area (Å²) in [5, 5.41) is 0. The van der Waals surface area contributed by atoms with Gasteiger partial charge in [-0.05, 0) is 69.3 Å². The van der Waals surface area contributed by atoms with E-state index in [2.05, 4.69) is 4.90 Å². The standard InChI is InChI=1S/C31H40F2N2O5/c1-21(14-23-7-8-25(32)17-27(23)33)18-35(20-26-6-5-11-34(26)19-22-9-12-40-13-10-22)31(36)24-15-28(37-2)30(39-4)29(16-24)38-3/h7-8,14-17,22,26H,5-6,9-13,18-20H2,1-4H3/t26-/m0/s1. The minimum absolute atomic E-state index is 0.190. The molecule has 1 atom stereocenters. The van der Waals surface area contributed by atoms with Gasteiger partial charge in [-0.2, -0.15) is 0 Å². The SMILES string of the molecule is COc1cc(C(=O)N(CC(C)=Cc2ccc(F)cc2F)C[C@@H]2CCCN2CC2CCOCC2)cc(OC)c1OC. The molecule has 0 N–H and O–H groups in total. The summed E-state index contributed by atoms with van der Waals surface area (Å²) in [4.78, 5) is 18.4. The number of hydrogen-bond donors (Lipinski definition) is 0. The van der Waals surface area contributed by atoms with Gasteiger partial charge in [-0.25, -0.2) is 8.78 Å². The summed E-state index contributed by atoms with van der Waals surface area (Å²) in [5.41, 5.74) is 1.46. The molecule has 2 aliphatic heterocycles. The average Bonchev–Trinajstić information content (AvgIpc) is 3.39. The third-order valence-electron chi connectivity index (χ3n) is 7.77. The van der Waals surface area contributed by atoms with Crippen LogP contribution < -0.4 is 14.2 Å². The molecule has 0 unspecified atom stereocenters. The molecule has 0 saturated carbocycles. The third kappa shape index (κ3) is 7.31. The Hall–Kier alpha value is -3.17. The second-order valence-electron chi connectivity index (χ2n) is 10.6. The van der Waals surface area contributed by atoms with Crippen molar-refractivity contribution in [1.82, 2.24) is 9.80 Å². The molecule has 2 aromatic rings. The zero-order chi connectivity index (χ0) is 28.6. The quantitative estimate of drug-likeness (QED) is 0.367. The molecule has 218 valence electrons. The van der Waals surface area contributed by atoms with Crippen LogP contribution in [-0.4, -0.2) is 82.5 Å². The van der Waals surface area contributed by atoms with Crippen LogP contribution in [0.2, 0.25) is 0 Å². The van der Waals surface area contributed by atoms with Gasteiger partial charge < -0.3 is 23.8 Å². The van der Waals surface area contributed by atoms with E-state index in [1.54, 1.807) is 23.1 Å². The van der Waals surface area contributed by atoms with Gasteiger partial charge in [0.15, 0.2) is 11.5 Å². The third-order valence-corrected chi connectivity index (χ3v) is 7.77. The minimum Gasteiger partial charge on any atom is -0.493 e. The van der Waals surface area contributed by atoms with Gasteiger partial charge in [-0.1, -0.05) is 11.6 Å². The molecule has 7 nitrogen and oxygen atoms in total. The van der Waals surface area contributed by atoms with Crippen molar-refractivity contribution in [3.63, 3.8) is 0 Å². The highest BCUT2D eigenvalue weighted by Gasteiger charge is 2.31. The number of likely N-dealkylation sites (tertiary alicyclic amines) is 1. The second-order valence-corrected chi connectivity index (χ2v) is 10.6. The number of halogens is 2. The van der Waals surface area contributed by atoms with Crippen molar-refractivity contribution in [2.24, 2.45) is 5.92 Å². The van der Waals surface area contributed by atoms with E-state index < -0.39 is 11.6 Å². The van der Waals surface area contributed by atoms with Crippen molar-refractivity contribution in [2.75, 3.05) is 60.7 Å². The van der Waals surface area contributed by atoms with E-state index in [1.165, 1.54) is 33.5 Å². The average molecular weight is 559 g/mol. The lowest BCUT2D eigenvalue weighted by Crippen LogP contribution is -2.45. The van der Waals surface area contributed by atoms with Crippen LogP contribution in [0.3, 0.4) is 0 Å². The monoisotopic (exact) mass is 558 g/mol. The number of rotatable bonds is 11. The molecule has 2 heterocycles. The molecule has 0 radical (unpaired) electrons. The van der Waals surface area contributed by atoms with Crippen molar-refractivity contribution in [3.05, 3.63) is 58.7 Å². The Kier molecular flexibility index (Phi) is 10.4. The van der Waals surface area contributed by atoms with E-state index in [-0.39, 0.29) is 24.1 Å². The summed E-state index contributed by atoms with van der Waals surface area (Å²) in [6, 6.07) is 7.03. The van der Waals surface area contributed by atoms with Crippen molar-refractivity contribution >= 4 is 12.0 Å². The van der Waals surface area contributed by atoms with Crippen molar-refractivity contribution in [2.45, 2.75) is 38.6 Å². The lowest BCUT2D eigenvalue weighted by molar-refractivity contribution is 0.0467. The lowest BCUT2D eigenvalue weighted by atomic mass is 9.99. The van der Waals surface area contributed by atoms with Gasteiger partial charge in [0.1, 0.15) is 11.6 Å². The van der Waals surface area contributed by atoms with Crippen LogP contribution in [0.15, 0.2) is 35.9 Å². The fourth-order valence-corrected chi connectivity index (χ4v) is 5.69. The summed E-state index contributed by atoms with van der Waals surface area (Å²) in [7, 11) is 4.55. The second kappa shape index (κ2) is 13.9. The first-order valence-corrected chi connectivity index (χ1v) is 13.9. The zero-order valence-electron chi connectivity index (χ0n) is 23.9. The molecule has 2 saturated heterocycles. The molecule has 2 aliphatic rings. The maximum atomic E-state index is 14.4. The van der Waals surface area contributed by atoms with Crippen LogP contribution >= 0.6 is 0 Å². The maximum Gasteiger partial charge on any atom is 0.254 e. The Morgan fingerprint density at radius 2 is 1.75 bits per heavy atom. The molecule has 4 rings (SSSR count). The smallest absolute Gasteiger partial charge is 0.254 e. The molecule has 0 aromatic heterocycles. The highest BCUT2D eigenvalue weighted by molar-refractivity contribution is 5.96. The largest absolute Gasteiger partial charge is 0.493 e. The number of carbonyl (C=O) groups is 1. The summed E-state index contributed by atoms with van der Waals surface area (Å²) in [5.74, 6) is 0.342. The Labute approximate surface area is 235 Å². The Bertz CT molecular complexity index is 1170. The molecule has 40 heavy (non-hydrogen) atoms. The van der Waals surface area contributed by atoms with E-state index in [9.17, 15) is 13.6 Å². The number of carbonyl (C=O) groups excluding carboxylic acids is 1. The molecule has 0 bridgehead atoms. The molecular formula is C31H40F2N2O5. The topological polar surface area (TPSA) is 60.5 Å². The van der Waals surface area contributed by atoms with Gasteiger partial charge in [0.05, 0.1) is 21.3 Å². The normalized spacial score (nSPS) is 18.6. The molecule has 1 amide bonds. The lowest BCUT2D eigenvalue weighted by Gasteiger charge is -2.34. The van der Waals surface area contributed by atoms with Gasteiger partial charge in [-0.15, -0.1) is 0 Å². The zero-order valence-corrected chi connectivity index (χ0v) is 23.9. The van der Waals surface area contributed by atoms with Crippen LogP contribution in [0.25, 0.3) is 6.08 Å². The van der Waals surface area contributed by atoms with E-state index in [0.717, 1.165) is 63.6 Å². The minimum atomic E-state index is -0.639. The van der Waals surface area contributed by atoms with E-state index in [1.807, 2.05) is 6.92 Å². The highest BCUT2D eigenvalue weighted by Crippen LogP contribution is 2.38. The number of amides is 1. The van der Waals surface area contributed by atoms with Crippen LogP contribution in [-0.2, 0) is 4.74 Å². The van der Waals surface area contributed by atoms with Gasteiger partial charge in [0.25, 0.3) is 5.91 Å². The first-order chi connectivity index (χ1) is 19.3.